The predicted molar refractivity (Wildman–Crippen MR) is 84.7 cm³/mol. The van der Waals surface area contributed by atoms with Crippen molar-refractivity contribution in [3.63, 3.8) is 0 Å². The molecule has 1 unspecified atom stereocenters. The lowest BCUT2D eigenvalue weighted by Crippen LogP contribution is -2.19. The van der Waals surface area contributed by atoms with Gasteiger partial charge in [0.15, 0.2) is 5.75 Å². The smallest absolute Gasteiger partial charge is 0.383 e. The minimum atomic E-state index is -0.732. The van der Waals surface area contributed by atoms with E-state index >= 15 is 0 Å². The van der Waals surface area contributed by atoms with Crippen LogP contribution >= 0.6 is 0 Å². The van der Waals surface area contributed by atoms with Crippen molar-refractivity contribution in [2.24, 2.45) is 0 Å². The second-order valence-electron chi connectivity index (χ2n) is 5.39. The van der Waals surface area contributed by atoms with Gasteiger partial charge in [-0.1, -0.05) is 26.7 Å². The van der Waals surface area contributed by atoms with E-state index in [0.717, 1.165) is 32.1 Å². The van der Waals surface area contributed by atoms with Crippen LogP contribution in [0.3, 0.4) is 0 Å². The van der Waals surface area contributed by atoms with Gasteiger partial charge in [-0.25, -0.2) is 4.79 Å². The van der Waals surface area contributed by atoms with Crippen LogP contribution < -0.4 is 10.4 Å². The number of phenolic OH excluding ortho intramolecular Hbond substituents is 1. The average molecular weight is 306 g/mol. The lowest BCUT2D eigenvalue weighted by Gasteiger charge is -2.17. The summed E-state index contributed by atoms with van der Waals surface area (Å²) in [6.45, 7) is 4.11. The zero-order valence-electron chi connectivity index (χ0n) is 13.0. The van der Waals surface area contributed by atoms with Crippen LogP contribution in [0.25, 0.3) is 11.0 Å². The third kappa shape index (κ3) is 3.53. The monoisotopic (exact) mass is 306 g/mol. The molecular formula is C17H22O5. The number of unbranched alkanes of at least 4 members (excludes halogenated alkanes) is 2. The Hall–Kier alpha value is -2.17. The van der Waals surface area contributed by atoms with Gasteiger partial charge >= 0.3 is 5.63 Å². The highest BCUT2D eigenvalue weighted by Crippen LogP contribution is 2.34. The highest BCUT2D eigenvalue weighted by Gasteiger charge is 2.19. The summed E-state index contributed by atoms with van der Waals surface area (Å²) in [6.07, 6.45) is 4.69. The molecule has 1 aromatic carbocycles. The third-order valence-electron chi connectivity index (χ3n) is 3.69. The van der Waals surface area contributed by atoms with E-state index in [4.69, 9.17) is 9.15 Å². The van der Waals surface area contributed by atoms with E-state index < -0.39 is 5.63 Å². The second kappa shape index (κ2) is 7.20. The van der Waals surface area contributed by atoms with Crippen LogP contribution in [-0.4, -0.2) is 16.3 Å². The Morgan fingerprint density at radius 1 is 1.23 bits per heavy atom. The number of rotatable bonds is 7. The van der Waals surface area contributed by atoms with Gasteiger partial charge in [-0.2, -0.15) is 0 Å². The minimum Gasteiger partial charge on any atom is -0.508 e. The zero-order valence-corrected chi connectivity index (χ0v) is 13.0. The highest BCUT2D eigenvalue weighted by molar-refractivity contribution is 5.86. The molecular weight excluding hydrogens is 284 g/mol. The summed E-state index contributed by atoms with van der Waals surface area (Å²) in [7, 11) is 0. The topological polar surface area (TPSA) is 79.9 Å². The van der Waals surface area contributed by atoms with Crippen molar-refractivity contribution in [2.45, 2.75) is 52.1 Å². The number of fused-ring (bicyclic) bond motifs is 1. The molecule has 0 saturated carbocycles. The Bertz CT molecular complexity index is 689. The SMILES string of the molecule is CCCCCC(CC)Oc1c(O)c2ccc(O)cc2oc1=O. The summed E-state index contributed by atoms with van der Waals surface area (Å²) >= 11 is 0. The van der Waals surface area contributed by atoms with E-state index in [9.17, 15) is 15.0 Å². The maximum atomic E-state index is 12.0. The van der Waals surface area contributed by atoms with Gasteiger partial charge in [0.2, 0.25) is 5.75 Å². The van der Waals surface area contributed by atoms with Crippen molar-refractivity contribution >= 4 is 11.0 Å². The Morgan fingerprint density at radius 3 is 2.68 bits per heavy atom. The quantitative estimate of drug-likeness (QED) is 0.598. The molecule has 5 nitrogen and oxygen atoms in total. The van der Waals surface area contributed by atoms with Crippen LogP contribution in [0.4, 0.5) is 0 Å². The molecule has 1 atom stereocenters. The average Bonchev–Trinajstić information content (AvgIpc) is 2.49. The molecule has 1 heterocycles. The lowest BCUT2D eigenvalue weighted by molar-refractivity contribution is 0.169. The van der Waals surface area contributed by atoms with Gasteiger partial charge in [-0.15, -0.1) is 0 Å². The molecule has 2 rings (SSSR count). The van der Waals surface area contributed by atoms with Crippen LogP contribution in [0.1, 0.15) is 46.0 Å². The van der Waals surface area contributed by atoms with Crippen molar-refractivity contribution in [3.05, 3.63) is 28.6 Å². The van der Waals surface area contributed by atoms with Crippen LogP contribution in [0.2, 0.25) is 0 Å². The summed E-state index contributed by atoms with van der Waals surface area (Å²) in [6, 6.07) is 4.21. The molecule has 22 heavy (non-hydrogen) atoms. The van der Waals surface area contributed by atoms with Crippen LogP contribution in [0.5, 0.6) is 17.2 Å². The number of ether oxygens (including phenoxy) is 1. The van der Waals surface area contributed by atoms with Gasteiger partial charge in [0.05, 0.1) is 11.5 Å². The summed E-state index contributed by atoms with van der Waals surface area (Å²) in [5.74, 6) is -0.420. The molecule has 0 saturated heterocycles. The number of hydrogen-bond donors (Lipinski definition) is 2. The van der Waals surface area contributed by atoms with Crippen molar-refractivity contribution in [2.75, 3.05) is 0 Å². The number of phenols is 1. The summed E-state index contributed by atoms with van der Waals surface area (Å²) < 4.78 is 10.8. The summed E-state index contributed by atoms with van der Waals surface area (Å²) in [5, 5.41) is 20.0. The highest BCUT2D eigenvalue weighted by atomic mass is 16.5. The summed E-state index contributed by atoms with van der Waals surface area (Å²) in [4.78, 5) is 12.0. The predicted octanol–water partition coefficient (Wildman–Crippen LogP) is 3.94. The fraction of sp³-hybridized carbons (Fsp3) is 0.471. The second-order valence-corrected chi connectivity index (χ2v) is 5.39. The van der Waals surface area contributed by atoms with Crippen LogP contribution in [0.15, 0.2) is 27.4 Å². The third-order valence-corrected chi connectivity index (χ3v) is 3.69. The standard InChI is InChI=1S/C17H22O5/c1-3-5-6-7-12(4-2)21-16-15(19)13-9-8-11(18)10-14(13)22-17(16)20/h8-10,12,18-19H,3-7H2,1-2H3. The molecule has 2 aromatic rings. The van der Waals surface area contributed by atoms with Crippen molar-refractivity contribution in [1.82, 2.24) is 0 Å². The normalized spacial score (nSPS) is 12.5. The molecule has 1 aromatic heterocycles. The van der Waals surface area contributed by atoms with E-state index in [1.807, 2.05) is 6.92 Å². The first kappa shape index (κ1) is 16.2. The van der Waals surface area contributed by atoms with Crippen molar-refractivity contribution < 1.29 is 19.4 Å². The number of benzene rings is 1. The molecule has 120 valence electrons. The largest absolute Gasteiger partial charge is 0.508 e. The van der Waals surface area contributed by atoms with Crippen molar-refractivity contribution in [3.8, 4) is 17.2 Å². The molecule has 0 amide bonds. The Labute approximate surface area is 129 Å². The van der Waals surface area contributed by atoms with E-state index in [0.29, 0.717) is 5.39 Å². The van der Waals surface area contributed by atoms with Gasteiger partial charge in [-0.05, 0) is 31.4 Å². The maximum Gasteiger partial charge on any atom is 0.383 e. The zero-order chi connectivity index (χ0) is 16.1. The Balaban J connectivity index is 2.30. The van der Waals surface area contributed by atoms with E-state index in [1.165, 1.54) is 18.2 Å². The Morgan fingerprint density at radius 2 is 2.00 bits per heavy atom. The summed E-state index contributed by atoms with van der Waals surface area (Å²) in [5.41, 5.74) is -0.599. The number of aromatic hydroxyl groups is 2. The first-order valence-corrected chi connectivity index (χ1v) is 7.72. The van der Waals surface area contributed by atoms with Gasteiger partial charge in [0, 0.05) is 6.07 Å². The van der Waals surface area contributed by atoms with E-state index in [-0.39, 0.29) is 28.9 Å². The molecule has 0 radical (unpaired) electrons. The van der Waals surface area contributed by atoms with Gasteiger partial charge in [0.1, 0.15) is 11.3 Å². The van der Waals surface area contributed by atoms with Crippen molar-refractivity contribution in [1.29, 1.82) is 0 Å². The van der Waals surface area contributed by atoms with Gasteiger partial charge in [0.25, 0.3) is 0 Å². The molecule has 0 spiro atoms. The molecule has 0 aliphatic heterocycles. The first-order chi connectivity index (χ1) is 10.6. The van der Waals surface area contributed by atoms with Crippen LogP contribution in [0, 0.1) is 0 Å². The fourth-order valence-corrected chi connectivity index (χ4v) is 2.40. The molecule has 2 N–H and O–H groups in total. The fourth-order valence-electron chi connectivity index (χ4n) is 2.40. The maximum absolute atomic E-state index is 12.0. The molecule has 0 aliphatic rings. The molecule has 0 aliphatic carbocycles. The van der Waals surface area contributed by atoms with Gasteiger partial charge in [-0.3, -0.25) is 0 Å². The number of hydrogen-bond acceptors (Lipinski definition) is 5. The van der Waals surface area contributed by atoms with E-state index in [2.05, 4.69) is 6.92 Å². The minimum absolute atomic E-state index is 0.0327. The lowest BCUT2D eigenvalue weighted by atomic mass is 10.1. The van der Waals surface area contributed by atoms with Crippen LogP contribution in [-0.2, 0) is 0 Å². The Kier molecular flexibility index (Phi) is 5.31. The van der Waals surface area contributed by atoms with Gasteiger partial charge < -0.3 is 19.4 Å². The van der Waals surface area contributed by atoms with E-state index in [1.54, 1.807) is 0 Å². The molecule has 0 fully saturated rings. The molecule has 0 bridgehead atoms. The first-order valence-electron chi connectivity index (χ1n) is 7.72. The molecule has 5 heteroatoms.